The van der Waals surface area contributed by atoms with E-state index in [1.807, 2.05) is 32.0 Å². The number of rotatable bonds is 5. The van der Waals surface area contributed by atoms with Crippen molar-refractivity contribution in [2.45, 2.75) is 45.6 Å². The zero-order chi connectivity index (χ0) is 14.9. The van der Waals surface area contributed by atoms with Gasteiger partial charge in [0.1, 0.15) is 5.54 Å². The maximum absolute atomic E-state index is 12.2. The number of carbonyl (C=O) groups excluding carboxylic acids is 1. The quantitative estimate of drug-likeness (QED) is 0.866. The average molecular weight is 275 g/mol. The van der Waals surface area contributed by atoms with E-state index in [-0.39, 0.29) is 18.2 Å². The second-order valence-corrected chi connectivity index (χ2v) is 5.94. The van der Waals surface area contributed by atoms with Gasteiger partial charge in [-0.15, -0.1) is 0 Å². The normalized spacial score (nSPS) is 17.4. The smallest absolute Gasteiger partial charge is 0.329 e. The minimum Gasteiger partial charge on any atom is -0.480 e. The number of nitrogens with one attached hydrogen (secondary N) is 1. The van der Waals surface area contributed by atoms with Crippen molar-refractivity contribution < 1.29 is 14.7 Å². The molecule has 2 rings (SSSR count). The first-order valence-electron chi connectivity index (χ1n) is 6.93. The lowest BCUT2D eigenvalue weighted by atomic mass is 9.95. The van der Waals surface area contributed by atoms with E-state index in [0.717, 1.165) is 29.5 Å². The molecular weight excluding hydrogens is 254 g/mol. The third kappa shape index (κ3) is 3.00. The summed E-state index contributed by atoms with van der Waals surface area (Å²) in [6.45, 7) is 5.54. The Bertz CT molecular complexity index is 549. The predicted molar refractivity (Wildman–Crippen MR) is 76.5 cm³/mol. The van der Waals surface area contributed by atoms with Crippen molar-refractivity contribution >= 4 is 11.9 Å². The molecule has 20 heavy (non-hydrogen) atoms. The van der Waals surface area contributed by atoms with Crippen LogP contribution in [0.15, 0.2) is 18.2 Å². The molecule has 4 heteroatoms. The molecule has 1 unspecified atom stereocenters. The van der Waals surface area contributed by atoms with Crippen LogP contribution in [-0.4, -0.2) is 22.5 Å². The van der Waals surface area contributed by atoms with E-state index in [2.05, 4.69) is 5.32 Å². The summed E-state index contributed by atoms with van der Waals surface area (Å²) in [6, 6.07) is 5.96. The van der Waals surface area contributed by atoms with Gasteiger partial charge >= 0.3 is 5.97 Å². The van der Waals surface area contributed by atoms with E-state index in [4.69, 9.17) is 0 Å². The van der Waals surface area contributed by atoms with E-state index in [0.29, 0.717) is 0 Å². The van der Waals surface area contributed by atoms with Crippen LogP contribution in [0.5, 0.6) is 0 Å². The van der Waals surface area contributed by atoms with E-state index in [1.165, 1.54) is 0 Å². The standard InChI is InChI=1S/C16H21NO3/c1-10-4-5-11(2)12(8-10)9-14(18)17-16(3,15(19)20)13-6-7-13/h4-5,8,13H,6-7,9H2,1-3H3,(H,17,18)(H,19,20). The summed E-state index contributed by atoms with van der Waals surface area (Å²) in [4.78, 5) is 23.6. The topological polar surface area (TPSA) is 66.4 Å². The highest BCUT2D eigenvalue weighted by atomic mass is 16.4. The summed E-state index contributed by atoms with van der Waals surface area (Å²) in [5.74, 6) is -1.12. The molecular formula is C16H21NO3. The molecule has 1 fully saturated rings. The molecule has 1 aromatic carbocycles. The van der Waals surface area contributed by atoms with Gasteiger partial charge in [-0.3, -0.25) is 4.79 Å². The molecule has 0 spiro atoms. The number of hydrogen-bond donors (Lipinski definition) is 2. The zero-order valence-corrected chi connectivity index (χ0v) is 12.2. The lowest BCUT2D eigenvalue weighted by molar-refractivity contribution is -0.147. The van der Waals surface area contributed by atoms with Gasteiger partial charge in [-0.2, -0.15) is 0 Å². The molecule has 0 aromatic heterocycles. The Balaban J connectivity index is 2.08. The molecule has 0 heterocycles. The van der Waals surface area contributed by atoms with E-state index < -0.39 is 11.5 Å². The molecule has 108 valence electrons. The van der Waals surface area contributed by atoms with Gasteiger partial charge in [0.05, 0.1) is 6.42 Å². The Morgan fingerprint density at radius 3 is 2.55 bits per heavy atom. The van der Waals surface area contributed by atoms with Gasteiger partial charge in [0.2, 0.25) is 5.91 Å². The summed E-state index contributed by atoms with van der Waals surface area (Å²) in [6.07, 6.45) is 1.96. The van der Waals surface area contributed by atoms with Gasteiger partial charge in [0.15, 0.2) is 0 Å². The number of aryl methyl sites for hydroxylation is 2. The largest absolute Gasteiger partial charge is 0.480 e. The van der Waals surface area contributed by atoms with Crippen LogP contribution < -0.4 is 5.32 Å². The molecule has 4 nitrogen and oxygen atoms in total. The number of carbonyl (C=O) groups is 2. The summed E-state index contributed by atoms with van der Waals surface area (Å²) in [7, 11) is 0. The molecule has 1 aliphatic carbocycles. The van der Waals surface area contributed by atoms with E-state index >= 15 is 0 Å². The maximum Gasteiger partial charge on any atom is 0.329 e. The predicted octanol–water partition coefficient (Wildman–Crippen LogP) is 2.22. The van der Waals surface area contributed by atoms with Crippen molar-refractivity contribution in [1.82, 2.24) is 5.32 Å². The number of carboxylic acid groups (broad SMARTS) is 1. The second-order valence-electron chi connectivity index (χ2n) is 5.94. The van der Waals surface area contributed by atoms with Crippen LogP contribution in [0, 0.1) is 19.8 Å². The minimum atomic E-state index is -1.13. The summed E-state index contributed by atoms with van der Waals surface area (Å²) in [5.41, 5.74) is 1.97. The van der Waals surface area contributed by atoms with Crippen LogP contribution >= 0.6 is 0 Å². The molecule has 2 N–H and O–H groups in total. The minimum absolute atomic E-state index is 0.0579. The Labute approximate surface area is 119 Å². The summed E-state index contributed by atoms with van der Waals surface area (Å²) < 4.78 is 0. The molecule has 1 aliphatic rings. The Hall–Kier alpha value is -1.84. The first-order chi connectivity index (χ1) is 9.33. The van der Waals surface area contributed by atoms with Crippen molar-refractivity contribution in [3.05, 3.63) is 34.9 Å². The van der Waals surface area contributed by atoms with Gasteiger partial charge in [0.25, 0.3) is 0 Å². The highest BCUT2D eigenvalue weighted by Gasteiger charge is 2.48. The maximum atomic E-state index is 12.2. The van der Waals surface area contributed by atoms with Crippen LogP contribution in [0.3, 0.4) is 0 Å². The highest BCUT2D eigenvalue weighted by molar-refractivity contribution is 5.88. The number of benzene rings is 1. The van der Waals surface area contributed by atoms with Gasteiger partial charge in [0, 0.05) is 0 Å². The van der Waals surface area contributed by atoms with Crippen molar-refractivity contribution in [1.29, 1.82) is 0 Å². The highest BCUT2D eigenvalue weighted by Crippen LogP contribution is 2.39. The number of amides is 1. The molecule has 1 saturated carbocycles. The van der Waals surface area contributed by atoms with Gasteiger partial charge < -0.3 is 10.4 Å². The molecule has 1 aromatic rings. The summed E-state index contributed by atoms with van der Waals surface area (Å²) >= 11 is 0. The van der Waals surface area contributed by atoms with Crippen molar-refractivity contribution in [3.63, 3.8) is 0 Å². The zero-order valence-electron chi connectivity index (χ0n) is 12.2. The lowest BCUT2D eigenvalue weighted by Crippen LogP contribution is -2.54. The first kappa shape index (κ1) is 14.6. The van der Waals surface area contributed by atoms with Crippen molar-refractivity contribution in [2.75, 3.05) is 0 Å². The number of hydrogen-bond acceptors (Lipinski definition) is 2. The molecule has 0 saturated heterocycles. The van der Waals surface area contributed by atoms with E-state index in [1.54, 1.807) is 6.92 Å². The number of aliphatic carboxylic acids is 1. The lowest BCUT2D eigenvalue weighted by Gasteiger charge is -2.26. The number of carboxylic acids is 1. The monoisotopic (exact) mass is 275 g/mol. The Morgan fingerprint density at radius 1 is 1.35 bits per heavy atom. The van der Waals surface area contributed by atoms with E-state index in [9.17, 15) is 14.7 Å². The van der Waals surface area contributed by atoms with Gasteiger partial charge in [-0.25, -0.2) is 4.79 Å². The molecule has 0 bridgehead atoms. The third-order valence-electron chi connectivity index (χ3n) is 4.09. The van der Waals surface area contributed by atoms with Crippen LogP contribution in [0.25, 0.3) is 0 Å². The van der Waals surface area contributed by atoms with Crippen LogP contribution in [0.2, 0.25) is 0 Å². The van der Waals surface area contributed by atoms with Gasteiger partial charge in [-0.1, -0.05) is 23.8 Å². The second kappa shape index (κ2) is 5.27. The fraction of sp³-hybridized carbons (Fsp3) is 0.500. The molecule has 0 aliphatic heterocycles. The Morgan fingerprint density at radius 2 is 2.00 bits per heavy atom. The van der Waals surface area contributed by atoms with Crippen LogP contribution in [-0.2, 0) is 16.0 Å². The fourth-order valence-corrected chi connectivity index (χ4v) is 2.49. The van der Waals surface area contributed by atoms with Crippen molar-refractivity contribution in [3.8, 4) is 0 Å². The van der Waals surface area contributed by atoms with Crippen LogP contribution in [0.1, 0.15) is 36.5 Å². The van der Waals surface area contributed by atoms with Gasteiger partial charge in [-0.05, 0) is 50.7 Å². The first-order valence-corrected chi connectivity index (χ1v) is 6.93. The average Bonchev–Trinajstić information content (AvgIpc) is 3.17. The molecule has 1 amide bonds. The Kier molecular flexibility index (Phi) is 3.84. The third-order valence-corrected chi connectivity index (χ3v) is 4.09. The summed E-state index contributed by atoms with van der Waals surface area (Å²) in [5, 5.41) is 12.1. The molecule has 1 atom stereocenters. The van der Waals surface area contributed by atoms with Crippen molar-refractivity contribution in [2.24, 2.45) is 5.92 Å². The fourth-order valence-electron chi connectivity index (χ4n) is 2.49. The molecule has 0 radical (unpaired) electrons. The van der Waals surface area contributed by atoms with Crippen LogP contribution in [0.4, 0.5) is 0 Å². The SMILES string of the molecule is Cc1ccc(C)c(CC(=O)NC(C)(C(=O)O)C2CC2)c1.